The zero-order valence-electron chi connectivity index (χ0n) is 36.5. The smallest absolute Gasteiger partial charge is 0.356 e. The topological polar surface area (TPSA) is 212 Å². The Balaban J connectivity index is 0.915. The van der Waals surface area contributed by atoms with Crippen LogP contribution >= 0.6 is 11.3 Å². The van der Waals surface area contributed by atoms with Crippen LogP contribution < -0.4 is 20.9 Å². The van der Waals surface area contributed by atoms with Crippen LogP contribution in [0.4, 0.5) is 11.5 Å². The Kier molecular flexibility index (Phi) is 15.2. The summed E-state index contributed by atoms with van der Waals surface area (Å²) in [7, 11) is 0. The predicted molar refractivity (Wildman–Crippen MR) is 241 cm³/mol. The molecule has 0 spiro atoms. The monoisotopic (exact) mass is 868 g/mol. The van der Waals surface area contributed by atoms with Gasteiger partial charge in [-0.15, -0.1) is 21.5 Å². The first-order valence-electron chi connectivity index (χ1n) is 21.7. The third kappa shape index (κ3) is 11.4. The van der Waals surface area contributed by atoms with Crippen molar-refractivity contribution in [2.45, 2.75) is 110 Å². The fourth-order valence-corrected chi connectivity index (χ4v) is 8.99. The molecule has 15 nitrogen and oxygen atoms in total. The Morgan fingerprint density at radius 3 is 2.31 bits per heavy atom. The van der Waals surface area contributed by atoms with Crippen molar-refractivity contribution >= 4 is 46.5 Å². The number of para-hydroxylation sites is 1. The van der Waals surface area contributed by atoms with Crippen LogP contribution in [0.25, 0.3) is 21.7 Å². The molecule has 3 amide bonds. The molecule has 0 bridgehead atoms. The van der Waals surface area contributed by atoms with Gasteiger partial charge in [-0.05, 0) is 48.9 Å². The second-order valence-electron chi connectivity index (χ2n) is 17.6. The van der Waals surface area contributed by atoms with Gasteiger partial charge in [-0.2, -0.15) is 0 Å². The van der Waals surface area contributed by atoms with Crippen LogP contribution in [-0.4, -0.2) is 115 Å². The lowest BCUT2D eigenvalue weighted by Gasteiger charge is -2.36. The number of nitrogen functional groups attached to an aromatic ring is 1. The van der Waals surface area contributed by atoms with Crippen molar-refractivity contribution in [1.29, 1.82) is 0 Å². The number of nitrogens with zero attached hydrogens (tertiary/aromatic N) is 6. The highest BCUT2D eigenvalue weighted by molar-refractivity contribution is 7.13. The van der Waals surface area contributed by atoms with E-state index in [1.54, 1.807) is 29.5 Å². The van der Waals surface area contributed by atoms with Crippen molar-refractivity contribution in [3.8, 4) is 27.4 Å². The van der Waals surface area contributed by atoms with Gasteiger partial charge in [-0.1, -0.05) is 76.4 Å². The molecular weight excluding hydrogens is 807 g/mol. The number of nitrogens with one attached hydrogen (secondary N) is 2. The van der Waals surface area contributed by atoms with Gasteiger partial charge in [0.15, 0.2) is 17.9 Å². The van der Waals surface area contributed by atoms with Crippen LogP contribution in [0.2, 0.25) is 0 Å². The number of phenolic OH excluding ortho intramolecular Hbond substituents is 1. The molecular formula is C46H62N9O6S+. The van der Waals surface area contributed by atoms with E-state index in [2.05, 4.69) is 30.4 Å². The quantitative estimate of drug-likeness (QED) is 0.0523. The first kappa shape index (κ1) is 45.9. The van der Waals surface area contributed by atoms with Crippen molar-refractivity contribution in [3.63, 3.8) is 0 Å². The third-order valence-corrected chi connectivity index (χ3v) is 12.8. The third-order valence-electron chi connectivity index (χ3n) is 11.8. The fourth-order valence-electron chi connectivity index (χ4n) is 8.18. The van der Waals surface area contributed by atoms with Crippen molar-refractivity contribution in [2.75, 3.05) is 43.4 Å². The minimum absolute atomic E-state index is 0.0504. The summed E-state index contributed by atoms with van der Waals surface area (Å²) in [6.45, 7) is 12.0. The van der Waals surface area contributed by atoms with Gasteiger partial charge in [-0.3, -0.25) is 14.4 Å². The molecule has 0 aliphatic carbocycles. The van der Waals surface area contributed by atoms with Gasteiger partial charge in [0.25, 0.3) is 0 Å². The van der Waals surface area contributed by atoms with Crippen molar-refractivity contribution in [1.82, 2.24) is 30.3 Å². The fraction of sp³-hybridized carbons (Fsp3) is 0.500. The van der Waals surface area contributed by atoms with Crippen molar-refractivity contribution in [3.05, 3.63) is 71.4 Å². The Morgan fingerprint density at radius 2 is 1.65 bits per heavy atom. The molecule has 4 heterocycles. The Labute approximate surface area is 368 Å². The summed E-state index contributed by atoms with van der Waals surface area (Å²) in [4.78, 5) is 54.4. The zero-order chi connectivity index (χ0) is 44.6. The van der Waals surface area contributed by atoms with E-state index < -0.39 is 23.6 Å². The number of aryl methyl sites for hydroxylation is 1. The highest BCUT2D eigenvalue weighted by atomic mass is 32.1. The number of phenols is 1. The Morgan fingerprint density at radius 1 is 0.968 bits per heavy atom. The second-order valence-corrected chi connectivity index (χ2v) is 18.4. The van der Waals surface area contributed by atoms with Gasteiger partial charge >= 0.3 is 5.90 Å². The summed E-state index contributed by atoms with van der Waals surface area (Å²) in [5.41, 5.74) is 12.2. The molecule has 7 N–H and O–H groups in total. The minimum Gasteiger partial charge on any atom is -0.507 e. The van der Waals surface area contributed by atoms with Gasteiger partial charge in [0.05, 0.1) is 33.6 Å². The number of hydrogen-bond donors (Lipinski definition) is 6. The number of hydrogen-bond acceptors (Lipinski definition) is 11. The van der Waals surface area contributed by atoms with Crippen LogP contribution in [0.15, 0.2) is 60.1 Å². The number of benzene rings is 2. The van der Waals surface area contributed by atoms with E-state index in [0.29, 0.717) is 56.1 Å². The molecule has 0 radical (unpaired) electrons. The van der Waals surface area contributed by atoms with Crippen molar-refractivity contribution in [2.24, 2.45) is 5.41 Å². The number of carbonyl (C=O) groups is 3. The normalized spacial score (nSPS) is 18.2. The van der Waals surface area contributed by atoms with E-state index in [1.807, 2.05) is 81.4 Å². The van der Waals surface area contributed by atoms with Crippen LogP contribution in [0.3, 0.4) is 0 Å². The van der Waals surface area contributed by atoms with Crippen LogP contribution in [0, 0.1) is 12.3 Å². The van der Waals surface area contributed by atoms with Gasteiger partial charge in [0.1, 0.15) is 11.8 Å². The lowest BCUT2D eigenvalue weighted by molar-refractivity contribution is -0.515. The maximum absolute atomic E-state index is 14.1. The summed E-state index contributed by atoms with van der Waals surface area (Å²) in [5, 5.41) is 43.5. The number of thiazole rings is 1. The molecule has 2 fully saturated rings. The predicted octanol–water partition coefficient (Wildman–Crippen LogP) is 4.53. The van der Waals surface area contributed by atoms with E-state index in [0.717, 1.165) is 53.1 Å². The molecule has 2 aliphatic heterocycles. The molecule has 4 atom stereocenters. The first-order chi connectivity index (χ1) is 29.6. The minimum atomic E-state index is -0.858. The lowest BCUT2D eigenvalue weighted by atomic mass is 9.85. The van der Waals surface area contributed by atoms with E-state index in [4.69, 9.17) is 5.73 Å². The van der Waals surface area contributed by atoms with Gasteiger partial charge in [0.2, 0.25) is 17.7 Å². The summed E-state index contributed by atoms with van der Waals surface area (Å²) in [6.07, 6.45) is 4.06. The maximum atomic E-state index is 14.1. The maximum Gasteiger partial charge on any atom is 0.356 e. The van der Waals surface area contributed by atoms with Gasteiger partial charge in [0, 0.05) is 70.0 Å². The number of piperazine rings is 1. The summed E-state index contributed by atoms with van der Waals surface area (Å²) in [5.74, 6) is -0.132. The number of aromatic hydroxyl groups is 1. The number of carbonyl (C=O) groups excluding carboxylic acids is 3. The molecule has 6 rings (SSSR count). The number of rotatable bonds is 16. The number of likely N-dealkylation sites (tertiary alicyclic amines) is 1. The van der Waals surface area contributed by atoms with E-state index in [1.165, 1.54) is 4.90 Å². The number of amides is 3. The zero-order valence-corrected chi connectivity index (χ0v) is 37.3. The average molecular weight is 869 g/mol. The number of unbranched alkanes of at least 4 members (excludes halogenated alkanes) is 4. The molecule has 0 unspecified atom stereocenters. The molecule has 2 aromatic carbocycles. The van der Waals surface area contributed by atoms with E-state index >= 15 is 0 Å². The molecule has 4 aromatic rings. The highest BCUT2D eigenvalue weighted by Gasteiger charge is 2.45. The molecule has 16 heteroatoms. The number of anilines is 2. The molecule has 332 valence electrons. The molecule has 0 saturated carbocycles. The Bertz CT molecular complexity index is 2200. The van der Waals surface area contributed by atoms with Gasteiger partial charge < -0.3 is 41.1 Å². The summed E-state index contributed by atoms with van der Waals surface area (Å²) in [6, 6.07) is 14.9. The molecule has 62 heavy (non-hydrogen) atoms. The molecule has 2 aromatic heterocycles. The second kappa shape index (κ2) is 20.5. The number of nitrogens with two attached hydrogens (primary N) is 1. The van der Waals surface area contributed by atoms with Crippen LogP contribution in [0.1, 0.15) is 96.4 Å². The number of aromatic nitrogens is 3. The molecule has 2 aliphatic rings. The Hall–Kier alpha value is -5.61. The van der Waals surface area contributed by atoms with E-state index in [9.17, 15) is 29.7 Å². The SMILES string of the molecule is Cc1ncsc1-c1ccc([C@H](C)[NH+]=C(O)[C@@H]2C[C@@H](O)CN2C(=O)[C@@H](NC(=O)CCCCCCCC(=O)N2CCN(c3cc(-c4ccccc4O)nnc3N)CC2)C(C)(C)C)cc1. The van der Waals surface area contributed by atoms with Crippen molar-refractivity contribution < 1.29 is 34.7 Å². The lowest BCUT2D eigenvalue weighted by Crippen LogP contribution is -2.77. The number of aliphatic hydroxyl groups is 2. The number of β-amino-alcohol motifs (C(OH)–C–C–N with tert-alkyl or cyclic N) is 1. The summed E-state index contributed by atoms with van der Waals surface area (Å²) >= 11 is 1.59. The van der Waals surface area contributed by atoms with Crippen LogP contribution in [0.5, 0.6) is 5.75 Å². The van der Waals surface area contributed by atoms with Crippen LogP contribution in [-0.2, 0) is 14.4 Å². The largest absolute Gasteiger partial charge is 0.507 e. The highest BCUT2D eigenvalue weighted by Crippen LogP contribution is 2.32. The van der Waals surface area contributed by atoms with Gasteiger partial charge in [-0.25, -0.2) is 9.98 Å². The summed E-state index contributed by atoms with van der Waals surface area (Å²) < 4.78 is 0. The average Bonchev–Trinajstić information content (AvgIpc) is 3.87. The molecule has 2 saturated heterocycles. The number of aliphatic hydroxyl groups excluding tert-OH is 2. The first-order valence-corrected chi connectivity index (χ1v) is 22.5. The standard InChI is InChI=1S/C46H61N9O6S/c1-29(31-17-19-32(20-18-31)41-30(2)48-28-62-41)49-44(60)37-25-33(56)27-55(37)45(61)42(46(3,4)5)50-39(58)15-9-7-6-8-10-16-40(59)54-23-21-53(22-24-54)36-26-35(51-52-43(36)47)34-13-11-12-14-38(34)57/h11-14,17-20,26,28-29,33,37,42,56-57H,6-10,15-16,21-25,27H2,1-5H3,(H2,47,52)(H,49,60)(H,50,58)/p+1/t29-,33+,37-,42+/m0/s1. The van der Waals surface area contributed by atoms with E-state index in [-0.39, 0.29) is 54.8 Å².